The monoisotopic (exact) mass is 422 g/mol. The smallest absolute Gasteiger partial charge is 0.444 e. The first-order valence-corrected chi connectivity index (χ1v) is 9.29. The summed E-state index contributed by atoms with van der Waals surface area (Å²) < 4.78 is 57.4. The Hall–Kier alpha value is -2.59. The molecule has 1 aliphatic rings. The number of benzene rings is 1. The van der Waals surface area contributed by atoms with E-state index in [2.05, 4.69) is 10.3 Å². The average molecular weight is 422 g/mol. The Morgan fingerprint density at radius 2 is 1.73 bits per heavy atom. The van der Waals surface area contributed by atoms with Crippen molar-refractivity contribution >= 4 is 24.5 Å². The molecule has 1 amide bonds. The van der Waals surface area contributed by atoms with Gasteiger partial charge in [-0.3, -0.25) is 5.32 Å². The van der Waals surface area contributed by atoms with Crippen molar-refractivity contribution in [2.45, 2.75) is 51.7 Å². The third-order valence-corrected chi connectivity index (χ3v) is 5.17. The number of rotatable bonds is 4. The number of amides is 1. The Morgan fingerprint density at radius 1 is 1.13 bits per heavy atom. The summed E-state index contributed by atoms with van der Waals surface area (Å²) in [6.45, 7) is 7.10. The van der Waals surface area contributed by atoms with Gasteiger partial charge in [0.05, 0.1) is 16.8 Å². The summed E-state index contributed by atoms with van der Waals surface area (Å²) in [6.07, 6.45) is -4.61. The summed E-state index contributed by atoms with van der Waals surface area (Å²) in [5.41, 5.74) is -1.74. The summed E-state index contributed by atoms with van der Waals surface area (Å²) in [6, 6.07) is 9.63. The van der Waals surface area contributed by atoms with Crippen LogP contribution in [0.25, 0.3) is 0 Å². The fourth-order valence-electron chi connectivity index (χ4n) is 2.76. The maximum Gasteiger partial charge on any atom is 0.496 e. The zero-order valence-electron chi connectivity index (χ0n) is 17.0. The first-order chi connectivity index (χ1) is 13.9. The summed E-state index contributed by atoms with van der Waals surface area (Å²) in [5, 5.41) is 2.06. The summed E-state index contributed by atoms with van der Waals surface area (Å²) in [4.78, 5) is 15.8. The minimum absolute atomic E-state index is 0.0833. The van der Waals surface area contributed by atoms with Gasteiger partial charge in [0, 0.05) is 11.7 Å². The number of halogens is 3. The quantitative estimate of drug-likeness (QED) is 0.750. The topological polar surface area (TPSA) is 69.7 Å². The minimum Gasteiger partial charge on any atom is -0.444 e. The van der Waals surface area contributed by atoms with Gasteiger partial charge in [-0.2, -0.15) is 13.2 Å². The molecule has 1 aromatic heterocycles. The third-order valence-electron chi connectivity index (χ3n) is 5.17. The van der Waals surface area contributed by atoms with E-state index in [-0.39, 0.29) is 12.1 Å². The molecule has 30 heavy (non-hydrogen) atoms. The molecule has 3 rings (SSSR count). The normalized spacial score (nSPS) is 17.6. The standard InChI is InChI=1S/C20H22BF3N2O4/c1-18(2)19(3,4)30-21(29-18)14-10-15(20(22,23)24)16(25-11-14)26-17(27)28-12-13-8-6-5-7-9-13/h5-11H,12H2,1-4H3,(H,25,26,27). The van der Waals surface area contributed by atoms with Crippen molar-refractivity contribution in [2.75, 3.05) is 5.32 Å². The van der Waals surface area contributed by atoms with E-state index in [1.165, 1.54) is 6.20 Å². The average Bonchev–Trinajstić information content (AvgIpc) is 2.88. The van der Waals surface area contributed by atoms with Crippen molar-refractivity contribution in [3.05, 3.63) is 53.7 Å². The zero-order valence-corrected chi connectivity index (χ0v) is 17.0. The van der Waals surface area contributed by atoms with E-state index >= 15 is 0 Å². The van der Waals surface area contributed by atoms with Crippen LogP contribution in [0.15, 0.2) is 42.6 Å². The van der Waals surface area contributed by atoms with Gasteiger partial charge in [-0.15, -0.1) is 0 Å². The summed E-state index contributed by atoms with van der Waals surface area (Å²) in [5.74, 6) is -0.652. The Morgan fingerprint density at radius 3 is 2.30 bits per heavy atom. The van der Waals surface area contributed by atoms with Crippen LogP contribution in [0.1, 0.15) is 38.8 Å². The lowest BCUT2D eigenvalue weighted by atomic mass is 9.79. The van der Waals surface area contributed by atoms with Gasteiger partial charge in [-0.05, 0) is 39.3 Å². The highest BCUT2D eigenvalue weighted by atomic mass is 19.4. The van der Waals surface area contributed by atoms with E-state index < -0.39 is 42.0 Å². The third kappa shape index (κ3) is 4.76. The molecule has 160 valence electrons. The van der Waals surface area contributed by atoms with Crippen molar-refractivity contribution in [1.29, 1.82) is 0 Å². The lowest BCUT2D eigenvalue weighted by Gasteiger charge is -2.32. The van der Waals surface area contributed by atoms with Gasteiger partial charge in [0.1, 0.15) is 12.4 Å². The maximum atomic E-state index is 13.6. The van der Waals surface area contributed by atoms with Crippen molar-refractivity contribution in [2.24, 2.45) is 0 Å². The zero-order chi connectivity index (χ0) is 22.2. The van der Waals surface area contributed by atoms with Gasteiger partial charge in [-0.25, -0.2) is 9.78 Å². The van der Waals surface area contributed by atoms with Crippen molar-refractivity contribution in [1.82, 2.24) is 4.98 Å². The van der Waals surface area contributed by atoms with Gasteiger partial charge in [0.2, 0.25) is 0 Å². The first-order valence-electron chi connectivity index (χ1n) is 9.29. The highest BCUT2D eigenvalue weighted by molar-refractivity contribution is 6.62. The van der Waals surface area contributed by atoms with Crippen LogP contribution >= 0.6 is 0 Å². The number of pyridine rings is 1. The molecule has 0 atom stereocenters. The highest BCUT2D eigenvalue weighted by Gasteiger charge is 2.52. The van der Waals surface area contributed by atoms with Crippen LogP contribution in [0.5, 0.6) is 0 Å². The Labute approximate surface area is 172 Å². The van der Waals surface area contributed by atoms with Crippen LogP contribution in [0.3, 0.4) is 0 Å². The summed E-state index contributed by atoms with van der Waals surface area (Å²) >= 11 is 0. The van der Waals surface area contributed by atoms with E-state index in [0.29, 0.717) is 5.56 Å². The van der Waals surface area contributed by atoms with Gasteiger partial charge >= 0.3 is 19.4 Å². The van der Waals surface area contributed by atoms with Crippen LogP contribution in [0, 0.1) is 0 Å². The van der Waals surface area contributed by atoms with Gasteiger partial charge < -0.3 is 14.0 Å². The highest BCUT2D eigenvalue weighted by Crippen LogP contribution is 2.38. The van der Waals surface area contributed by atoms with Crippen molar-refractivity contribution in [3.8, 4) is 0 Å². The number of carbonyl (C=O) groups excluding carboxylic acids is 1. The molecule has 0 unspecified atom stereocenters. The number of hydrogen-bond donors (Lipinski definition) is 1. The Balaban J connectivity index is 1.78. The molecule has 0 bridgehead atoms. The molecule has 0 radical (unpaired) electrons. The largest absolute Gasteiger partial charge is 0.496 e. The molecule has 2 aromatic rings. The van der Waals surface area contributed by atoms with Crippen molar-refractivity contribution < 1.29 is 32.0 Å². The molecule has 1 aliphatic heterocycles. The predicted octanol–water partition coefficient (Wildman–Crippen LogP) is 4.15. The fourth-order valence-corrected chi connectivity index (χ4v) is 2.76. The number of hydrogen-bond acceptors (Lipinski definition) is 5. The molecule has 6 nitrogen and oxygen atoms in total. The molecule has 1 N–H and O–H groups in total. The molecule has 0 saturated carbocycles. The first kappa shape index (κ1) is 22.1. The van der Waals surface area contributed by atoms with E-state index in [9.17, 15) is 18.0 Å². The van der Waals surface area contributed by atoms with Crippen LogP contribution in [-0.2, 0) is 26.8 Å². The van der Waals surface area contributed by atoms with Crippen molar-refractivity contribution in [3.63, 3.8) is 0 Å². The predicted molar refractivity (Wildman–Crippen MR) is 105 cm³/mol. The molecule has 10 heteroatoms. The molecule has 2 heterocycles. The molecule has 1 saturated heterocycles. The number of nitrogens with one attached hydrogen (secondary N) is 1. The van der Waals surface area contributed by atoms with Crippen LogP contribution in [0.4, 0.5) is 23.8 Å². The molecule has 1 fully saturated rings. The Kier molecular flexibility index (Phi) is 5.84. The van der Waals surface area contributed by atoms with Crippen LogP contribution in [-0.4, -0.2) is 29.4 Å². The number of ether oxygens (including phenoxy) is 1. The number of anilines is 1. The van der Waals surface area contributed by atoms with Gasteiger partial charge in [0.15, 0.2) is 0 Å². The Bertz CT molecular complexity index is 904. The fraction of sp³-hybridized carbons (Fsp3) is 0.400. The molecule has 0 spiro atoms. The minimum atomic E-state index is -4.76. The number of alkyl halides is 3. The second-order valence-electron chi connectivity index (χ2n) is 7.94. The molecular formula is C20H22BF3N2O4. The molecular weight excluding hydrogens is 400 g/mol. The van der Waals surface area contributed by atoms with Gasteiger partial charge in [0.25, 0.3) is 0 Å². The number of carbonyl (C=O) groups is 1. The lowest BCUT2D eigenvalue weighted by Crippen LogP contribution is -2.41. The SMILES string of the molecule is CC1(C)OB(c2cnc(NC(=O)OCc3ccccc3)c(C(F)(F)F)c2)OC1(C)C. The van der Waals surface area contributed by atoms with Crippen LogP contribution in [0.2, 0.25) is 0 Å². The number of aromatic nitrogens is 1. The lowest BCUT2D eigenvalue weighted by molar-refractivity contribution is -0.137. The second-order valence-corrected chi connectivity index (χ2v) is 7.94. The number of nitrogens with zero attached hydrogens (tertiary/aromatic N) is 1. The summed E-state index contributed by atoms with van der Waals surface area (Å²) in [7, 11) is -1.01. The second kappa shape index (κ2) is 7.92. The van der Waals surface area contributed by atoms with Gasteiger partial charge in [-0.1, -0.05) is 30.3 Å². The van der Waals surface area contributed by atoms with E-state index in [1.807, 2.05) is 0 Å². The van der Waals surface area contributed by atoms with E-state index in [4.69, 9.17) is 14.0 Å². The maximum absolute atomic E-state index is 13.6. The van der Waals surface area contributed by atoms with Crippen LogP contribution < -0.4 is 10.8 Å². The van der Waals surface area contributed by atoms with E-state index in [1.54, 1.807) is 58.0 Å². The molecule has 0 aliphatic carbocycles. The molecule has 1 aromatic carbocycles. The van der Waals surface area contributed by atoms with E-state index in [0.717, 1.165) is 6.07 Å².